The normalized spacial score (nSPS) is 10.2. The van der Waals surface area contributed by atoms with Gasteiger partial charge in [0.05, 0.1) is 17.2 Å². The Hall–Kier alpha value is -1.82. The van der Waals surface area contributed by atoms with Crippen molar-refractivity contribution < 1.29 is 4.79 Å². The standard InChI is InChI=1S/C11H12N4OS/c1-7-3-9(14-6-13-7)4-12-11(16)10-5-17-8(2)15-10/h3,5-6H,4H2,1-2H3,(H,12,16). The van der Waals surface area contributed by atoms with Crippen molar-refractivity contribution >= 4 is 17.2 Å². The highest BCUT2D eigenvalue weighted by atomic mass is 32.1. The maximum atomic E-state index is 11.7. The van der Waals surface area contributed by atoms with Gasteiger partial charge in [0, 0.05) is 11.1 Å². The molecule has 0 aliphatic heterocycles. The molecule has 0 radical (unpaired) electrons. The second-order valence-corrected chi connectivity index (χ2v) is 4.65. The first kappa shape index (κ1) is 11.7. The number of carbonyl (C=O) groups is 1. The zero-order valence-electron chi connectivity index (χ0n) is 9.60. The predicted octanol–water partition coefficient (Wildman–Crippen LogP) is 1.48. The summed E-state index contributed by atoms with van der Waals surface area (Å²) in [6.45, 7) is 4.14. The van der Waals surface area contributed by atoms with Crippen LogP contribution in [0.2, 0.25) is 0 Å². The first-order chi connectivity index (χ1) is 8.15. The minimum absolute atomic E-state index is 0.175. The molecule has 0 atom stereocenters. The summed E-state index contributed by atoms with van der Waals surface area (Å²) >= 11 is 1.46. The van der Waals surface area contributed by atoms with Crippen molar-refractivity contribution in [3.8, 4) is 0 Å². The second-order valence-electron chi connectivity index (χ2n) is 3.59. The van der Waals surface area contributed by atoms with Crippen LogP contribution in [0.4, 0.5) is 0 Å². The number of amides is 1. The summed E-state index contributed by atoms with van der Waals surface area (Å²) < 4.78 is 0. The molecular weight excluding hydrogens is 236 g/mol. The van der Waals surface area contributed by atoms with Crippen LogP contribution in [-0.4, -0.2) is 20.9 Å². The molecule has 2 heterocycles. The van der Waals surface area contributed by atoms with Crippen molar-refractivity contribution in [3.63, 3.8) is 0 Å². The molecule has 0 aliphatic rings. The molecule has 88 valence electrons. The Labute approximate surface area is 103 Å². The summed E-state index contributed by atoms with van der Waals surface area (Å²) in [6, 6.07) is 1.84. The van der Waals surface area contributed by atoms with Gasteiger partial charge < -0.3 is 5.32 Å². The van der Waals surface area contributed by atoms with Gasteiger partial charge in [0.15, 0.2) is 0 Å². The molecule has 0 saturated heterocycles. The number of hydrogen-bond acceptors (Lipinski definition) is 5. The van der Waals surface area contributed by atoms with Gasteiger partial charge in [-0.1, -0.05) is 0 Å². The third-order valence-corrected chi connectivity index (χ3v) is 2.92. The van der Waals surface area contributed by atoms with E-state index in [9.17, 15) is 4.79 Å². The van der Waals surface area contributed by atoms with Gasteiger partial charge in [0.1, 0.15) is 12.0 Å². The number of nitrogens with zero attached hydrogens (tertiary/aromatic N) is 3. The first-order valence-corrected chi connectivity index (χ1v) is 6.01. The average Bonchev–Trinajstić information content (AvgIpc) is 2.73. The topological polar surface area (TPSA) is 67.8 Å². The van der Waals surface area contributed by atoms with E-state index in [-0.39, 0.29) is 5.91 Å². The lowest BCUT2D eigenvalue weighted by atomic mass is 10.3. The van der Waals surface area contributed by atoms with Gasteiger partial charge in [0.25, 0.3) is 5.91 Å². The SMILES string of the molecule is Cc1cc(CNC(=O)c2csc(C)n2)ncn1. The van der Waals surface area contributed by atoms with Gasteiger partial charge >= 0.3 is 0 Å². The Morgan fingerprint density at radius 1 is 1.41 bits per heavy atom. The van der Waals surface area contributed by atoms with Crippen LogP contribution < -0.4 is 5.32 Å². The molecule has 0 unspecified atom stereocenters. The van der Waals surface area contributed by atoms with Crippen LogP contribution in [0.3, 0.4) is 0 Å². The molecule has 1 amide bonds. The quantitative estimate of drug-likeness (QED) is 0.893. The molecule has 0 aromatic carbocycles. The Balaban J connectivity index is 1.97. The molecule has 0 fully saturated rings. The fourth-order valence-electron chi connectivity index (χ4n) is 1.34. The fourth-order valence-corrected chi connectivity index (χ4v) is 1.93. The molecule has 6 heteroatoms. The van der Waals surface area contributed by atoms with Crippen molar-refractivity contribution in [1.82, 2.24) is 20.3 Å². The molecule has 1 N–H and O–H groups in total. The number of carbonyl (C=O) groups excluding carboxylic acids is 1. The zero-order valence-corrected chi connectivity index (χ0v) is 10.4. The van der Waals surface area contributed by atoms with Crippen molar-refractivity contribution in [2.24, 2.45) is 0 Å². The average molecular weight is 248 g/mol. The Kier molecular flexibility index (Phi) is 3.43. The third-order valence-electron chi connectivity index (χ3n) is 2.14. The van der Waals surface area contributed by atoms with Crippen LogP contribution in [0.15, 0.2) is 17.8 Å². The molecule has 0 aliphatic carbocycles. The summed E-state index contributed by atoms with van der Waals surface area (Å²) in [4.78, 5) is 23.9. The van der Waals surface area contributed by atoms with Crippen LogP contribution in [0, 0.1) is 13.8 Å². The number of thiazole rings is 1. The van der Waals surface area contributed by atoms with Crippen LogP contribution in [0.5, 0.6) is 0 Å². The zero-order chi connectivity index (χ0) is 12.3. The van der Waals surface area contributed by atoms with E-state index in [0.29, 0.717) is 12.2 Å². The smallest absolute Gasteiger partial charge is 0.271 e. The number of rotatable bonds is 3. The lowest BCUT2D eigenvalue weighted by Gasteiger charge is -2.02. The summed E-state index contributed by atoms with van der Waals surface area (Å²) in [5.74, 6) is -0.175. The van der Waals surface area contributed by atoms with E-state index in [1.54, 1.807) is 5.38 Å². The highest BCUT2D eigenvalue weighted by Crippen LogP contribution is 2.07. The number of hydrogen-bond donors (Lipinski definition) is 1. The Bertz CT molecular complexity index is 538. The van der Waals surface area contributed by atoms with Crippen LogP contribution in [-0.2, 0) is 6.54 Å². The van der Waals surface area contributed by atoms with Crippen LogP contribution in [0.1, 0.15) is 26.9 Å². The fraction of sp³-hybridized carbons (Fsp3) is 0.273. The highest BCUT2D eigenvalue weighted by Gasteiger charge is 2.08. The molecule has 2 aromatic heterocycles. The van der Waals surface area contributed by atoms with Gasteiger partial charge in [-0.25, -0.2) is 15.0 Å². The van der Waals surface area contributed by atoms with E-state index in [1.165, 1.54) is 17.7 Å². The van der Waals surface area contributed by atoms with Crippen molar-refractivity contribution in [3.05, 3.63) is 39.9 Å². The molecule has 2 rings (SSSR count). The monoisotopic (exact) mass is 248 g/mol. The van der Waals surface area contributed by atoms with Gasteiger partial charge in [-0.15, -0.1) is 11.3 Å². The largest absolute Gasteiger partial charge is 0.345 e. The maximum absolute atomic E-state index is 11.7. The highest BCUT2D eigenvalue weighted by molar-refractivity contribution is 7.09. The summed E-state index contributed by atoms with van der Waals surface area (Å²) in [5, 5.41) is 5.40. The summed E-state index contributed by atoms with van der Waals surface area (Å²) in [5.41, 5.74) is 2.13. The minimum atomic E-state index is -0.175. The molecule has 0 saturated carbocycles. The van der Waals surface area contributed by atoms with Gasteiger partial charge in [-0.05, 0) is 19.9 Å². The lowest BCUT2D eigenvalue weighted by molar-refractivity contribution is 0.0946. The van der Waals surface area contributed by atoms with E-state index in [1.807, 2.05) is 19.9 Å². The predicted molar refractivity (Wildman–Crippen MR) is 64.8 cm³/mol. The molecule has 2 aromatic rings. The van der Waals surface area contributed by atoms with Crippen molar-refractivity contribution in [1.29, 1.82) is 0 Å². The van der Waals surface area contributed by atoms with E-state index >= 15 is 0 Å². The van der Waals surface area contributed by atoms with E-state index in [2.05, 4.69) is 20.3 Å². The van der Waals surface area contributed by atoms with E-state index in [4.69, 9.17) is 0 Å². The Morgan fingerprint density at radius 3 is 2.88 bits per heavy atom. The summed E-state index contributed by atoms with van der Waals surface area (Å²) in [6.07, 6.45) is 1.49. The van der Waals surface area contributed by atoms with Crippen molar-refractivity contribution in [2.75, 3.05) is 0 Å². The Morgan fingerprint density at radius 2 is 2.24 bits per heavy atom. The number of nitrogens with one attached hydrogen (secondary N) is 1. The van der Waals surface area contributed by atoms with Crippen LogP contribution in [0.25, 0.3) is 0 Å². The first-order valence-electron chi connectivity index (χ1n) is 5.13. The third kappa shape index (κ3) is 3.07. The lowest BCUT2D eigenvalue weighted by Crippen LogP contribution is -2.23. The second kappa shape index (κ2) is 5.01. The van der Waals surface area contributed by atoms with Crippen molar-refractivity contribution in [2.45, 2.75) is 20.4 Å². The van der Waals surface area contributed by atoms with Gasteiger partial charge in [-0.3, -0.25) is 4.79 Å². The molecule has 5 nitrogen and oxygen atoms in total. The maximum Gasteiger partial charge on any atom is 0.271 e. The van der Waals surface area contributed by atoms with E-state index in [0.717, 1.165) is 16.4 Å². The molecule has 0 bridgehead atoms. The van der Waals surface area contributed by atoms with Gasteiger partial charge in [-0.2, -0.15) is 0 Å². The minimum Gasteiger partial charge on any atom is -0.345 e. The number of aryl methyl sites for hydroxylation is 2. The molecule has 0 spiro atoms. The van der Waals surface area contributed by atoms with E-state index < -0.39 is 0 Å². The van der Waals surface area contributed by atoms with Crippen LogP contribution >= 0.6 is 11.3 Å². The van der Waals surface area contributed by atoms with Gasteiger partial charge in [0.2, 0.25) is 0 Å². The molecular formula is C11H12N4OS. The number of aromatic nitrogens is 3. The summed E-state index contributed by atoms with van der Waals surface area (Å²) in [7, 11) is 0. The molecule has 17 heavy (non-hydrogen) atoms.